The van der Waals surface area contributed by atoms with Crippen LogP contribution in [0.3, 0.4) is 0 Å². The minimum atomic E-state index is -1.08. The number of carbonyl (C=O) groups excluding carboxylic acids is 1. The van der Waals surface area contributed by atoms with E-state index < -0.39 is 12.3 Å². The van der Waals surface area contributed by atoms with Crippen molar-refractivity contribution in [3.63, 3.8) is 0 Å². The molecule has 0 fully saturated rings. The van der Waals surface area contributed by atoms with Gasteiger partial charge in [0.2, 0.25) is 6.29 Å². The number of benzene rings is 1. The second kappa shape index (κ2) is 2.57. The molecule has 1 aromatic carbocycles. The van der Waals surface area contributed by atoms with Crippen molar-refractivity contribution in [1.82, 2.24) is 0 Å². The van der Waals surface area contributed by atoms with Gasteiger partial charge in [0.25, 0.3) is 0 Å². The number of aliphatic hydroxyl groups is 1. The van der Waals surface area contributed by atoms with Gasteiger partial charge < -0.3 is 9.84 Å². The van der Waals surface area contributed by atoms with E-state index >= 15 is 0 Å². The second-order valence-corrected chi connectivity index (χ2v) is 3.25. The van der Waals surface area contributed by atoms with E-state index in [1.54, 1.807) is 0 Å². The Hall–Kier alpha value is -1.35. The molecule has 1 atom stereocenters. The fraction of sp³-hybridized carbons (Fsp3) is 0.300. The fourth-order valence-electron chi connectivity index (χ4n) is 1.64. The van der Waals surface area contributed by atoms with Crippen LogP contribution >= 0.6 is 0 Å². The molecule has 1 N–H and O–H groups in total. The van der Waals surface area contributed by atoms with Crippen LogP contribution in [0.1, 0.15) is 33.3 Å². The van der Waals surface area contributed by atoms with E-state index in [4.69, 9.17) is 4.74 Å². The molecular weight excluding hydrogens is 168 g/mol. The summed E-state index contributed by atoms with van der Waals surface area (Å²) in [5.74, 6) is -0.427. The van der Waals surface area contributed by atoms with E-state index in [2.05, 4.69) is 0 Å². The van der Waals surface area contributed by atoms with Crippen LogP contribution in [-0.2, 0) is 4.74 Å². The minimum Gasteiger partial charge on any atom is -0.428 e. The predicted molar refractivity (Wildman–Crippen MR) is 46.3 cm³/mol. The summed E-state index contributed by atoms with van der Waals surface area (Å²) >= 11 is 0. The molecule has 3 nitrogen and oxygen atoms in total. The molecule has 0 saturated heterocycles. The number of fused-ring (bicyclic) bond motifs is 1. The van der Waals surface area contributed by atoms with E-state index in [1.807, 2.05) is 26.0 Å². The molecule has 2 rings (SSSR count). The summed E-state index contributed by atoms with van der Waals surface area (Å²) in [4.78, 5) is 11.3. The zero-order valence-corrected chi connectivity index (χ0v) is 7.50. The van der Waals surface area contributed by atoms with Crippen molar-refractivity contribution in [3.05, 3.63) is 34.4 Å². The van der Waals surface area contributed by atoms with Gasteiger partial charge in [-0.05, 0) is 25.0 Å². The van der Waals surface area contributed by atoms with Crippen LogP contribution in [0.15, 0.2) is 12.1 Å². The van der Waals surface area contributed by atoms with Gasteiger partial charge in [-0.3, -0.25) is 0 Å². The standard InChI is InChI=1S/C10H10O3/c1-5-3-4-6(2)8-7(5)9(11)13-10(8)12/h3-4,9,11H,1-2H3. The summed E-state index contributed by atoms with van der Waals surface area (Å²) in [7, 11) is 0. The molecule has 3 heteroatoms. The van der Waals surface area contributed by atoms with Gasteiger partial charge in [-0.25, -0.2) is 4.79 Å². The second-order valence-electron chi connectivity index (χ2n) is 3.25. The highest BCUT2D eigenvalue weighted by molar-refractivity contribution is 5.95. The molecule has 0 radical (unpaired) electrons. The topological polar surface area (TPSA) is 46.5 Å². The van der Waals surface area contributed by atoms with E-state index in [1.165, 1.54) is 0 Å². The van der Waals surface area contributed by atoms with E-state index in [0.717, 1.165) is 11.1 Å². The summed E-state index contributed by atoms with van der Waals surface area (Å²) in [5.41, 5.74) is 2.87. The van der Waals surface area contributed by atoms with E-state index in [0.29, 0.717) is 11.1 Å². The maximum Gasteiger partial charge on any atom is 0.341 e. The summed E-state index contributed by atoms with van der Waals surface area (Å²) in [6.45, 7) is 3.68. The number of ether oxygens (including phenoxy) is 1. The summed E-state index contributed by atoms with van der Waals surface area (Å²) in [6.07, 6.45) is -1.08. The molecule has 0 spiro atoms. The van der Waals surface area contributed by atoms with Crippen LogP contribution in [-0.4, -0.2) is 11.1 Å². The Morgan fingerprint density at radius 3 is 2.54 bits per heavy atom. The maximum atomic E-state index is 11.3. The molecule has 0 aromatic heterocycles. The molecule has 1 unspecified atom stereocenters. The fourth-order valence-corrected chi connectivity index (χ4v) is 1.64. The van der Waals surface area contributed by atoms with Gasteiger partial charge in [-0.1, -0.05) is 12.1 Å². The van der Waals surface area contributed by atoms with Gasteiger partial charge in [0.1, 0.15) is 0 Å². The average molecular weight is 178 g/mol. The first-order valence-corrected chi connectivity index (χ1v) is 4.10. The van der Waals surface area contributed by atoms with Gasteiger partial charge in [0.05, 0.1) is 5.56 Å². The smallest absolute Gasteiger partial charge is 0.341 e. The number of aryl methyl sites for hydroxylation is 2. The number of carbonyl (C=O) groups is 1. The number of aliphatic hydroxyl groups excluding tert-OH is 1. The molecule has 0 bridgehead atoms. The highest BCUT2D eigenvalue weighted by atomic mass is 16.6. The summed E-state index contributed by atoms with van der Waals surface area (Å²) in [6, 6.07) is 3.73. The van der Waals surface area contributed by atoms with Crippen molar-refractivity contribution in [2.45, 2.75) is 20.1 Å². The largest absolute Gasteiger partial charge is 0.428 e. The van der Waals surface area contributed by atoms with Gasteiger partial charge >= 0.3 is 5.97 Å². The molecule has 1 aromatic rings. The Labute approximate surface area is 76.0 Å². The van der Waals surface area contributed by atoms with Crippen LogP contribution in [0.5, 0.6) is 0 Å². The molecule has 1 aliphatic rings. The molecule has 0 saturated carbocycles. The molecule has 0 aliphatic carbocycles. The quantitative estimate of drug-likeness (QED) is 0.612. The van der Waals surface area contributed by atoms with Crippen molar-refractivity contribution >= 4 is 5.97 Å². The highest BCUT2D eigenvalue weighted by Gasteiger charge is 2.32. The first-order chi connectivity index (χ1) is 6.11. The molecule has 13 heavy (non-hydrogen) atoms. The highest BCUT2D eigenvalue weighted by Crippen LogP contribution is 2.33. The normalized spacial score (nSPS) is 19.9. The van der Waals surface area contributed by atoms with Gasteiger partial charge in [-0.15, -0.1) is 0 Å². The number of cyclic esters (lactones) is 1. The van der Waals surface area contributed by atoms with Crippen LogP contribution in [0.2, 0.25) is 0 Å². The Morgan fingerprint density at radius 2 is 1.92 bits per heavy atom. The minimum absolute atomic E-state index is 0.427. The van der Waals surface area contributed by atoms with Crippen molar-refractivity contribution in [3.8, 4) is 0 Å². The van der Waals surface area contributed by atoms with Gasteiger partial charge in [-0.2, -0.15) is 0 Å². The third kappa shape index (κ3) is 1.04. The van der Waals surface area contributed by atoms with Crippen molar-refractivity contribution in [1.29, 1.82) is 0 Å². The van der Waals surface area contributed by atoms with Crippen molar-refractivity contribution in [2.24, 2.45) is 0 Å². The van der Waals surface area contributed by atoms with Crippen LogP contribution in [0.25, 0.3) is 0 Å². The molecule has 1 heterocycles. The monoisotopic (exact) mass is 178 g/mol. The van der Waals surface area contributed by atoms with E-state index in [9.17, 15) is 9.90 Å². The third-order valence-electron chi connectivity index (χ3n) is 2.34. The third-order valence-corrected chi connectivity index (χ3v) is 2.34. The van der Waals surface area contributed by atoms with Crippen LogP contribution in [0.4, 0.5) is 0 Å². The molecule has 1 aliphatic heterocycles. The molecule has 0 amide bonds. The number of rotatable bonds is 0. The lowest BCUT2D eigenvalue weighted by atomic mass is 9.99. The zero-order valence-electron chi connectivity index (χ0n) is 7.50. The van der Waals surface area contributed by atoms with Crippen LogP contribution in [0, 0.1) is 13.8 Å². The lowest BCUT2D eigenvalue weighted by Gasteiger charge is -2.05. The first kappa shape index (κ1) is 8.26. The molecule has 68 valence electrons. The summed E-state index contributed by atoms with van der Waals surface area (Å²) < 4.78 is 4.71. The first-order valence-electron chi connectivity index (χ1n) is 4.10. The van der Waals surface area contributed by atoms with Crippen molar-refractivity contribution < 1.29 is 14.6 Å². The van der Waals surface area contributed by atoms with Gasteiger partial charge in [0, 0.05) is 5.56 Å². The van der Waals surface area contributed by atoms with Gasteiger partial charge in [0.15, 0.2) is 0 Å². The zero-order chi connectivity index (χ0) is 9.59. The summed E-state index contributed by atoms with van der Waals surface area (Å²) in [5, 5.41) is 9.41. The van der Waals surface area contributed by atoms with Crippen molar-refractivity contribution in [2.75, 3.05) is 0 Å². The average Bonchev–Trinajstić information content (AvgIpc) is 2.36. The van der Waals surface area contributed by atoms with E-state index in [-0.39, 0.29) is 0 Å². The SMILES string of the molecule is Cc1ccc(C)c2c1C(=O)OC2O. The number of hydrogen-bond acceptors (Lipinski definition) is 3. The molecular formula is C10H10O3. The lowest BCUT2D eigenvalue weighted by Crippen LogP contribution is -1.97. The Kier molecular flexibility index (Phi) is 1.63. The predicted octanol–water partition coefficient (Wildman–Crippen LogP) is 1.46. The maximum absolute atomic E-state index is 11.3. The Balaban J connectivity index is 2.74. The number of hydrogen-bond donors (Lipinski definition) is 1. The Morgan fingerprint density at radius 1 is 1.31 bits per heavy atom. The Bertz CT molecular complexity index is 382. The van der Waals surface area contributed by atoms with Crippen LogP contribution < -0.4 is 0 Å². The lowest BCUT2D eigenvalue weighted by molar-refractivity contribution is -0.0550. The number of esters is 1.